The van der Waals surface area contributed by atoms with Crippen molar-refractivity contribution in [3.63, 3.8) is 0 Å². The van der Waals surface area contributed by atoms with E-state index in [1.54, 1.807) is 12.3 Å². The Labute approximate surface area is 95.9 Å². The number of hydrogen-bond donors (Lipinski definition) is 1. The van der Waals surface area contributed by atoms with Crippen molar-refractivity contribution in [3.8, 4) is 0 Å². The van der Waals surface area contributed by atoms with E-state index in [1.165, 1.54) is 11.3 Å². The number of primary amides is 1. The van der Waals surface area contributed by atoms with Crippen LogP contribution in [0.3, 0.4) is 0 Å². The Morgan fingerprint density at radius 3 is 3.00 bits per heavy atom. The topological polar surface area (TPSA) is 82.3 Å². The van der Waals surface area contributed by atoms with Crippen molar-refractivity contribution in [1.82, 2.24) is 4.98 Å². The van der Waals surface area contributed by atoms with Gasteiger partial charge in [-0.15, -0.1) is 11.3 Å². The quantitative estimate of drug-likeness (QED) is 0.864. The van der Waals surface area contributed by atoms with Crippen molar-refractivity contribution in [2.45, 2.75) is 19.4 Å². The fourth-order valence-corrected chi connectivity index (χ4v) is 2.30. The van der Waals surface area contributed by atoms with Gasteiger partial charge in [0.05, 0.1) is 4.88 Å². The lowest BCUT2D eigenvalue weighted by molar-refractivity contribution is -0.114. The van der Waals surface area contributed by atoms with Gasteiger partial charge in [0.1, 0.15) is 11.6 Å². The minimum absolute atomic E-state index is 0.133. The van der Waals surface area contributed by atoms with E-state index in [9.17, 15) is 9.59 Å². The zero-order valence-corrected chi connectivity index (χ0v) is 9.25. The van der Waals surface area contributed by atoms with E-state index in [-0.39, 0.29) is 12.4 Å². The number of ketones is 1. The summed E-state index contributed by atoms with van der Waals surface area (Å²) in [4.78, 5) is 26.5. The van der Waals surface area contributed by atoms with E-state index in [0.717, 1.165) is 21.9 Å². The number of aromatic nitrogens is 1. The molecule has 0 radical (unpaired) electrons. The van der Waals surface area contributed by atoms with Crippen molar-refractivity contribution in [1.29, 1.82) is 0 Å². The lowest BCUT2D eigenvalue weighted by atomic mass is 10.2. The molecule has 84 valence electrons. The van der Waals surface area contributed by atoms with Crippen molar-refractivity contribution in [3.05, 3.63) is 22.2 Å². The number of carbonyl (C=O) groups excluding carboxylic acids is 2. The van der Waals surface area contributed by atoms with Gasteiger partial charge in [-0.25, -0.2) is 9.78 Å². The van der Waals surface area contributed by atoms with E-state index in [2.05, 4.69) is 9.72 Å². The summed E-state index contributed by atoms with van der Waals surface area (Å²) in [6, 6.07) is 0. The molecular formula is C10H10N2O3S. The van der Waals surface area contributed by atoms with Crippen LogP contribution in [-0.2, 0) is 16.1 Å². The highest BCUT2D eigenvalue weighted by atomic mass is 32.1. The molecule has 1 aromatic rings. The molecule has 16 heavy (non-hydrogen) atoms. The van der Waals surface area contributed by atoms with Gasteiger partial charge in [0.2, 0.25) is 0 Å². The second-order valence-electron chi connectivity index (χ2n) is 3.38. The number of nitrogens with zero attached hydrogens (tertiary/aromatic N) is 1. The summed E-state index contributed by atoms with van der Waals surface area (Å²) in [7, 11) is 0. The highest BCUT2D eigenvalue weighted by molar-refractivity contribution is 7.12. The first-order valence-electron chi connectivity index (χ1n) is 4.76. The predicted octanol–water partition coefficient (Wildman–Crippen LogP) is 1.48. The monoisotopic (exact) mass is 238 g/mol. The molecule has 0 spiro atoms. The minimum Gasteiger partial charge on any atom is -0.444 e. The second-order valence-corrected chi connectivity index (χ2v) is 4.49. The smallest absolute Gasteiger partial charge is 0.404 e. The fourth-order valence-electron chi connectivity index (χ4n) is 1.43. The van der Waals surface area contributed by atoms with Gasteiger partial charge in [-0.1, -0.05) is 0 Å². The van der Waals surface area contributed by atoms with Crippen LogP contribution in [0.1, 0.15) is 22.7 Å². The summed E-state index contributed by atoms with van der Waals surface area (Å²) < 4.78 is 4.65. The molecule has 1 aromatic heterocycles. The fraction of sp³-hybridized carbons (Fsp3) is 0.300. The van der Waals surface area contributed by atoms with Gasteiger partial charge >= 0.3 is 6.09 Å². The molecule has 0 bridgehead atoms. The Morgan fingerprint density at radius 2 is 2.38 bits per heavy atom. The van der Waals surface area contributed by atoms with Crippen LogP contribution in [-0.4, -0.2) is 16.9 Å². The number of thiazole rings is 1. The Balaban J connectivity index is 2.05. The zero-order valence-electron chi connectivity index (χ0n) is 8.43. The van der Waals surface area contributed by atoms with Crippen molar-refractivity contribution >= 4 is 28.8 Å². The summed E-state index contributed by atoms with van der Waals surface area (Å²) in [5.41, 5.74) is 5.81. The summed E-state index contributed by atoms with van der Waals surface area (Å²) in [5, 5.41) is 0.814. The summed E-state index contributed by atoms with van der Waals surface area (Å²) in [6.45, 7) is 0.133. The van der Waals surface area contributed by atoms with Crippen LogP contribution in [0.25, 0.3) is 5.57 Å². The van der Waals surface area contributed by atoms with E-state index in [1.807, 2.05) is 0 Å². The highest BCUT2D eigenvalue weighted by Crippen LogP contribution is 2.29. The molecule has 0 fully saturated rings. The average molecular weight is 238 g/mol. The first kappa shape index (κ1) is 10.8. The van der Waals surface area contributed by atoms with Crippen LogP contribution in [0.2, 0.25) is 0 Å². The number of allylic oxidation sites excluding steroid dienone is 2. The van der Waals surface area contributed by atoms with Gasteiger partial charge in [-0.2, -0.15) is 0 Å². The summed E-state index contributed by atoms with van der Waals surface area (Å²) in [5.74, 6) is 0.139. The molecule has 0 aromatic carbocycles. The van der Waals surface area contributed by atoms with E-state index in [4.69, 9.17) is 5.73 Å². The molecule has 0 saturated heterocycles. The van der Waals surface area contributed by atoms with Crippen molar-refractivity contribution in [2.75, 3.05) is 0 Å². The van der Waals surface area contributed by atoms with E-state index < -0.39 is 6.09 Å². The molecule has 6 heteroatoms. The molecule has 0 saturated carbocycles. The number of ether oxygens (including phenoxy) is 1. The molecule has 2 rings (SSSR count). The summed E-state index contributed by atoms with van der Waals surface area (Å²) in [6.07, 6.45) is 3.75. The van der Waals surface area contributed by atoms with Gasteiger partial charge in [0, 0.05) is 12.6 Å². The third-order valence-electron chi connectivity index (χ3n) is 2.16. The maximum absolute atomic E-state index is 11.1. The van der Waals surface area contributed by atoms with Crippen LogP contribution in [0.15, 0.2) is 12.3 Å². The molecule has 1 heterocycles. The molecule has 1 amide bonds. The first-order valence-corrected chi connectivity index (χ1v) is 5.57. The first-order chi connectivity index (χ1) is 7.65. The van der Waals surface area contributed by atoms with Crippen molar-refractivity contribution < 1.29 is 14.3 Å². The predicted molar refractivity (Wildman–Crippen MR) is 58.7 cm³/mol. The SMILES string of the molecule is NC(=O)OCc1cnc(C2=CC(=O)CC2)s1. The number of nitrogens with two attached hydrogens (primary N) is 1. The Hall–Kier alpha value is -1.69. The number of hydrogen-bond acceptors (Lipinski definition) is 5. The van der Waals surface area contributed by atoms with Crippen LogP contribution >= 0.6 is 11.3 Å². The number of amides is 1. The number of rotatable bonds is 3. The molecule has 0 unspecified atom stereocenters. The average Bonchev–Trinajstić information content (AvgIpc) is 2.83. The maximum Gasteiger partial charge on any atom is 0.404 e. The third kappa shape index (κ3) is 2.46. The normalized spacial score (nSPS) is 15.0. The number of carbonyl (C=O) groups is 2. The maximum atomic E-state index is 11.1. The molecule has 0 aliphatic heterocycles. The van der Waals surface area contributed by atoms with Crippen molar-refractivity contribution in [2.24, 2.45) is 5.73 Å². The molecule has 2 N–H and O–H groups in total. The molecule has 0 atom stereocenters. The van der Waals surface area contributed by atoms with Gasteiger partial charge in [-0.3, -0.25) is 4.79 Å². The Morgan fingerprint density at radius 1 is 1.56 bits per heavy atom. The largest absolute Gasteiger partial charge is 0.444 e. The van der Waals surface area contributed by atoms with Crippen LogP contribution in [0, 0.1) is 0 Å². The van der Waals surface area contributed by atoms with Gasteiger partial charge in [0.25, 0.3) is 0 Å². The van der Waals surface area contributed by atoms with Crippen LogP contribution < -0.4 is 5.73 Å². The van der Waals surface area contributed by atoms with Gasteiger partial charge in [0.15, 0.2) is 5.78 Å². The molecule has 1 aliphatic rings. The van der Waals surface area contributed by atoms with Crippen LogP contribution in [0.5, 0.6) is 0 Å². The lowest BCUT2D eigenvalue weighted by Gasteiger charge is -1.96. The Bertz CT molecular complexity index is 464. The Kier molecular flexibility index (Phi) is 3.00. The minimum atomic E-state index is -0.801. The van der Waals surface area contributed by atoms with Gasteiger partial charge in [-0.05, 0) is 18.1 Å². The van der Waals surface area contributed by atoms with E-state index in [0.29, 0.717) is 6.42 Å². The zero-order chi connectivity index (χ0) is 11.5. The third-order valence-corrected chi connectivity index (χ3v) is 3.21. The van der Waals surface area contributed by atoms with Gasteiger partial charge < -0.3 is 10.5 Å². The highest BCUT2D eigenvalue weighted by Gasteiger charge is 2.16. The van der Waals surface area contributed by atoms with Crippen LogP contribution in [0.4, 0.5) is 4.79 Å². The van der Waals surface area contributed by atoms with E-state index >= 15 is 0 Å². The lowest BCUT2D eigenvalue weighted by Crippen LogP contribution is -2.12. The molecule has 1 aliphatic carbocycles. The molecule has 5 nitrogen and oxygen atoms in total. The molecular weight excluding hydrogens is 228 g/mol. The summed E-state index contributed by atoms with van der Waals surface area (Å²) >= 11 is 1.41. The second kappa shape index (κ2) is 4.44. The standard InChI is InChI=1S/C10H10N2O3S/c11-10(14)15-5-8-4-12-9(16-8)6-1-2-7(13)3-6/h3-4H,1-2,5H2,(H2,11,14).